The molecule has 1 N–H and O–H groups in total. The van der Waals surface area contributed by atoms with Crippen molar-refractivity contribution < 1.29 is 4.79 Å². The topological polar surface area (TPSA) is 87.1 Å². The molecular formula is C15H22N6O2. The number of aromatic nitrogens is 4. The molecule has 0 radical (unpaired) electrons. The fourth-order valence-corrected chi connectivity index (χ4v) is 3.29. The van der Waals surface area contributed by atoms with Crippen LogP contribution in [0.3, 0.4) is 0 Å². The van der Waals surface area contributed by atoms with Crippen LogP contribution in [0.5, 0.6) is 0 Å². The molecule has 8 nitrogen and oxygen atoms in total. The number of aromatic amines is 1. The van der Waals surface area contributed by atoms with E-state index < -0.39 is 0 Å². The smallest absolute Gasteiger partial charge is 0.261 e. The van der Waals surface area contributed by atoms with Gasteiger partial charge >= 0.3 is 0 Å². The van der Waals surface area contributed by atoms with Gasteiger partial charge in [0.15, 0.2) is 5.65 Å². The lowest BCUT2D eigenvalue weighted by molar-refractivity contribution is -0.131. The van der Waals surface area contributed by atoms with Gasteiger partial charge in [-0.25, -0.2) is 9.67 Å². The lowest BCUT2D eigenvalue weighted by Gasteiger charge is -2.23. The van der Waals surface area contributed by atoms with E-state index in [-0.39, 0.29) is 18.0 Å². The molecule has 124 valence electrons. The lowest BCUT2D eigenvalue weighted by atomic mass is 10.0. The summed E-state index contributed by atoms with van der Waals surface area (Å²) in [6.07, 6.45) is 3.84. The number of likely N-dealkylation sites (N-methyl/N-ethyl adjacent to an activating group) is 1. The average Bonchev–Trinajstić information content (AvgIpc) is 3.12. The Balaban J connectivity index is 1.77. The van der Waals surface area contributed by atoms with Crippen LogP contribution in [0, 0.1) is 5.92 Å². The van der Waals surface area contributed by atoms with E-state index >= 15 is 0 Å². The molecule has 0 unspecified atom stereocenters. The predicted octanol–water partition coefficient (Wildman–Crippen LogP) is -0.0818. The van der Waals surface area contributed by atoms with Crippen LogP contribution < -0.4 is 5.56 Å². The Morgan fingerprint density at radius 3 is 2.87 bits per heavy atom. The van der Waals surface area contributed by atoms with Gasteiger partial charge in [-0.1, -0.05) is 13.3 Å². The fraction of sp³-hybridized carbons (Fsp3) is 0.600. The summed E-state index contributed by atoms with van der Waals surface area (Å²) in [6.45, 7) is 3.77. The molecular weight excluding hydrogens is 296 g/mol. The Hall–Kier alpha value is -2.22. The second-order valence-electron chi connectivity index (χ2n) is 6.27. The number of rotatable bonds is 4. The van der Waals surface area contributed by atoms with E-state index in [2.05, 4.69) is 41.0 Å². The van der Waals surface area contributed by atoms with Gasteiger partial charge in [0.1, 0.15) is 11.9 Å². The van der Waals surface area contributed by atoms with Crippen LogP contribution in [0.25, 0.3) is 11.0 Å². The summed E-state index contributed by atoms with van der Waals surface area (Å²) in [5, 5.41) is 4.54. The van der Waals surface area contributed by atoms with Crippen LogP contribution in [0.15, 0.2) is 17.3 Å². The Morgan fingerprint density at radius 1 is 1.43 bits per heavy atom. The van der Waals surface area contributed by atoms with Crippen molar-refractivity contribution in [3.8, 4) is 0 Å². The first-order valence-corrected chi connectivity index (χ1v) is 7.84. The summed E-state index contributed by atoms with van der Waals surface area (Å²) in [7, 11) is 4.11. The molecule has 1 fully saturated rings. The summed E-state index contributed by atoms with van der Waals surface area (Å²) in [5.41, 5.74) is 0.200. The Kier molecular flexibility index (Phi) is 4.16. The van der Waals surface area contributed by atoms with Crippen molar-refractivity contribution in [2.75, 3.05) is 27.2 Å². The van der Waals surface area contributed by atoms with E-state index in [0.717, 1.165) is 19.5 Å². The number of amides is 1. The number of fused-ring (bicyclic) bond motifs is 1. The first kappa shape index (κ1) is 15.7. The first-order valence-electron chi connectivity index (χ1n) is 7.84. The second-order valence-corrected chi connectivity index (χ2v) is 6.27. The average molecular weight is 318 g/mol. The highest BCUT2D eigenvalue weighted by Gasteiger charge is 2.35. The van der Waals surface area contributed by atoms with Gasteiger partial charge < -0.3 is 14.8 Å². The highest BCUT2D eigenvalue weighted by Crippen LogP contribution is 2.23. The molecule has 2 aromatic heterocycles. The summed E-state index contributed by atoms with van der Waals surface area (Å²) in [4.78, 5) is 35.0. The van der Waals surface area contributed by atoms with Crippen molar-refractivity contribution in [3.63, 3.8) is 0 Å². The fourth-order valence-electron chi connectivity index (χ4n) is 3.29. The molecule has 1 amide bonds. The summed E-state index contributed by atoms with van der Waals surface area (Å²) in [5.74, 6) is 0.504. The summed E-state index contributed by atoms with van der Waals surface area (Å²) >= 11 is 0. The van der Waals surface area contributed by atoms with Crippen LogP contribution in [-0.4, -0.2) is 68.7 Å². The molecule has 1 saturated heterocycles. The minimum Gasteiger partial charge on any atom is -0.339 e. The van der Waals surface area contributed by atoms with Crippen LogP contribution in [0.1, 0.15) is 13.3 Å². The maximum atomic E-state index is 12.6. The predicted molar refractivity (Wildman–Crippen MR) is 86.0 cm³/mol. The molecule has 0 aromatic carbocycles. The highest BCUT2D eigenvalue weighted by atomic mass is 16.2. The van der Waals surface area contributed by atoms with Gasteiger partial charge in [-0.2, -0.15) is 5.10 Å². The zero-order valence-corrected chi connectivity index (χ0v) is 13.7. The molecule has 0 bridgehead atoms. The normalized spacial score (nSPS) is 21.5. The Labute approximate surface area is 134 Å². The number of likely N-dealkylation sites (tertiary alicyclic amines) is 1. The van der Waals surface area contributed by atoms with Crippen LogP contribution >= 0.6 is 0 Å². The van der Waals surface area contributed by atoms with Gasteiger partial charge in [-0.15, -0.1) is 0 Å². The van der Waals surface area contributed by atoms with Gasteiger partial charge in [0, 0.05) is 19.1 Å². The molecule has 0 saturated carbocycles. The summed E-state index contributed by atoms with van der Waals surface area (Å²) < 4.78 is 1.50. The van der Waals surface area contributed by atoms with Crippen molar-refractivity contribution in [2.45, 2.75) is 25.9 Å². The van der Waals surface area contributed by atoms with E-state index in [1.807, 2.05) is 4.90 Å². The Morgan fingerprint density at radius 2 is 2.22 bits per heavy atom. The molecule has 1 aliphatic heterocycles. The van der Waals surface area contributed by atoms with Gasteiger partial charge in [-0.05, 0) is 20.0 Å². The van der Waals surface area contributed by atoms with Crippen LogP contribution in [-0.2, 0) is 11.3 Å². The first-order chi connectivity index (χ1) is 11.0. The van der Waals surface area contributed by atoms with Gasteiger partial charge in [0.2, 0.25) is 5.91 Å². The van der Waals surface area contributed by atoms with E-state index in [1.165, 1.54) is 17.2 Å². The molecule has 0 spiro atoms. The van der Waals surface area contributed by atoms with E-state index in [0.29, 0.717) is 23.0 Å². The molecule has 23 heavy (non-hydrogen) atoms. The third-order valence-corrected chi connectivity index (χ3v) is 4.67. The van der Waals surface area contributed by atoms with Crippen molar-refractivity contribution in [1.29, 1.82) is 0 Å². The lowest BCUT2D eigenvalue weighted by Crippen LogP contribution is -2.37. The second kappa shape index (κ2) is 6.11. The standard InChI is InChI=1S/C15H22N6O2/c1-4-10-6-20(7-12(10)19(2)3)13(22)8-21-14-11(5-18-21)15(23)17-9-16-14/h5,9-10,12H,4,6-8H2,1-3H3,(H,16,17,23)/t10-,12-/m1/s1. The summed E-state index contributed by atoms with van der Waals surface area (Å²) in [6, 6.07) is 0.388. The number of carbonyl (C=O) groups excluding carboxylic acids is 1. The Bertz CT molecular complexity index is 765. The number of H-pyrrole nitrogens is 1. The largest absolute Gasteiger partial charge is 0.339 e. The van der Waals surface area contributed by atoms with Gasteiger partial charge in [-0.3, -0.25) is 9.59 Å². The number of hydrogen-bond donors (Lipinski definition) is 1. The number of carbonyl (C=O) groups is 1. The SMILES string of the molecule is CC[C@@H]1CN(C(=O)Cn2ncc3c(=O)[nH]cnc32)C[C@H]1N(C)C. The highest BCUT2D eigenvalue weighted by molar-refractivity contribution is 5.79. The maximum Gasteiger partial charge on any atom is 0.261 e. The molecule has 2 aromatic rings. The molecule has 1 aliphatic rings. The zero-order chi connectivity index (χ0) is 16.6. The van der Waals surface area contributed by atoms with Crippen molar-refractivity contribution >= 4 is 16.9 Å². The monoisotopic (exact) mass is 318 g/mol. The maximum absolute atomic E-state index is 12.6. The minimum atomic E-state index is -0.242. The van der Waals surface area contributed by atoms with Crippen molar-refractivity contribution in [1.82, 2.24) is 29.5 Å². The minimum absolute atomic E-state index is 0.0138. The third-order valence-electron chi connectivity index (χ3n) is 4.67. The molecule has 8 heteroatoms. The number of nitrogens with one attached hydrogen (secondary N) is 1. The molecule has 0 aliphatic carbocycles. The van der Waals surface area contributed by atoms with Crippen molar-refractivity contribution in [2.24, 2.45) is 5.92 Å². The third kappa shape index (κ3) is 2.86. The molecule has 3 heterocycles. The van der Waals surface area contributed by atoms with Crippen LogP contribution in [0.4, 0.5) is 0 Å². The quantitative estimate of drug-likeness (QED) is 0.852. The van der Waals surface area contributed by atoms with Gasteiger partial charge in [0.25, 0.3) is 5.56 Å². The van der Waals surface area contributed by atoms with E-state index in [4.69, 9.17) is 0 Å². The number of hydrogen-bond acceptors (Lipinski definition) is 5. The molecule has 2 atom stereocenters. The van der Waals surface area contributed by atoms with E-state index in [1.54, 1.807) is 0 Å². The van der Waals surface area contributed by atoms with Crippen LogP contribution in [0.2, 0.25) is 0 Å². The molecule has 3 rings (SSSR count). The van der Waals surface area contributed by atoms with Crippen molar-refractivity contribution in [3.05, 3.63) is 22.9 Å². The van der Waals surface area contributed by atoms with Gasteiger partial charge in [0.05, 0.1) is 12.5 Å². The van der Waals surface area contributed by atoms with E-state index in [9.17, 15) is 9.59 Å². The number of nitrogens with zero attached hydrogens (tertiary/aromatic N) is 5. The zero-order valence-electron chi connectivity index (χ0n) is 13.7.